The van der Waals surface area contributed by atoms with Crippen LogP contribution in [0.2, 0.25) is 0 Å². The highest BCUT2D eigenvalue weighted by molar-refractivity contribution is 5.50. The van der Waals surface area contributed by atoms with Gasteiger partial charge in [-0.3, -0.25) is 4.68 Å². The molecule has 4 heterocycles. The SMILES string of the molecule is Cc1cnn2c1CCCC2.Cc1cnn2ncccc12. The zero-order valence-electron chi connectivity index (χ0n) is 12.0. The Kier molecular flexibility index (Phi) is 3.50. The predicted octanol–water partition coefficient (Wildman–Crippen LogP) is 2.57. The molecule has 0 unspecified atom stereocenters. The van der Waals surface area contributed by atoms with Gasteiger partial charge in [0, 0.05) is 18.4 Å². The van der Waals surface area contributed by atoms with Crippen molar-refractivity contribution in [3.8, 4) is 0 Å². The van der Waals surface area contributed by atoms with Crippen LogP contribution in [0.15, 0.2) is 30.7 Å². The van der Waals surface area contributed by atoms with E-state index in [1.54, 1.807) is 10.8 Å². The molecular formula is C15H19N5. The Balaban J connectivity index is 0.000000121. The number of hydrogen-bond acceptors (Lipinski definition) is 3. The second kappa shape index (κ2) is 5.45. The fourth-order valence-corrected chi connectivity index (χ4v) is 2.53. The number of fused-ring (bicyclic) bond motifs is 2. The van der Waals surface area contributed by atoms with Crippen LogP contribution in [0.1, 0.15) is 29.7 Å². The molecule has 0 radical (unpaired) electrons. The third-order valence-electron chi connectivity index (χ3n) is 3.69. The monoisotopic (exact) mass is 269 g/mol. The van der Waals surface area contributed by atoms with Gasteiger partial charge in [0.05, 0.1) is 17.9 Å². The van der Waals surface area contributed by atoms with E-state index in [1.807, 2.05) is 31.5 Å². The summed E-state index contributed by atoms with van der Waals surface area (Å²) in [5.41, 5.74) is 5.04. The number of aromatic nitrogens is 5. The summed E-state index contributed by atoms with van der Waals surface area (Å²) in [6.45, 7) is 5.29. The van der Waals surface area contributed by atoms with Gasteiger partial charge >= 0.3 is 0 Å². The van der Waals surface area contributed by atoms with Crippen LogP contribution in [0, 0.1) is 13.8 Å². The molecule has 0 atom stereocenters. The minimum absolute atomic E-state index is 1.07. The van der Waals surface area contributed by atoms with Gasteiger partial charge in [-0.2, -0.15) is 19.9 Å². The Labute approximate surface area is 118 Å². The molecule has 3 aromatic heterocycles. The lowest BCUT2D eigenvalue weighted by molar-refractivity contribution is 0.485. The molecule has 0 saturated carbocycles. The van der Waals surface area contributed by atoms with E-state index in [2.05, 4.69) is 26.9 Å². The number of rotatable bonds is 0. The second-order valence-electron chi connectivity index (χ2n) is 5.18. The summed E-state index contributed by atoms with van der Waals surface area (Å²) in [6.07, 6.45) is 9.37. The summed E-state index contributed by atoms with van der Waals surface area (Å²) in [7, 11) is 0. The van der Waals surface area contributed by atoms with Crippen LogP contribution in [0.3, 0.4) is 0 Å². The molecule has 4 rings (SSSR count). The first-order valence-corrected chi connectivity index (χ1v) is 7.02. The van der Waals surface area contributed by atoms with E-state index in [4.69, 9.17) is 0 Å². The van der Waals surface area contributed by atoms with Crippen molar-refractivity contribution in [1.29, 1.82) is 0 Å². The Morgan fingerprint density at radius 3 is 2.65 bits per heavy atom. The van der Waals surface area contributed by atoms with Gasteiger partial charge in [-0.25, -0.2) is 0 Å². The summed E-state index contributed by atoms with van der Waals surface area (Å²) in [5, 5.41) is 12.3. The first kappa shape index (κ1) is 12.8. The zero-order valence-corrected chi connectivity index (χ0v) is 12.0. The smallest absolute Gasteiger partial charge is 0.0902 e. The van der Waals surface area contributed by atoms with E-state index < -0.39 is 0 Å². The maximum atomic E-state index is 4.27. The third kappa shape index (κ3) is 2.43. The molecule has 3 aromatic rings. The Morgan fingerprint density at radius 1 is 1.00 bits per heavy atom. The summed E-state index contributed by atoms with van der Waals surface area (Å²) in [5.74, 6) is 0. The van der Waals surface area contributed by atoms with E-state index in [1.165, 1.54) is 30.5 Å². The van der Waals surface area contributed by atoms with Crippen LogP contribution in [0.5, 0.6) is 0 Å². The predicted molar refractivity (Wildman–Crippen MR) is 77.6 cm³/mol. The van der Waals surface area contributed by atoms with E-state index in [-0.39, 0.29) is 0 Å². The van der Waals surface area contributed by atoms with Crippen molar-refractivity contribution in [2.75, 3.05) is 0 Å². The highest BCUT2D eigenvalue weighted by Crippen LogP contribution is 2.16. The standard InChI is InChI=1S/C8H12N2.C7H7N3/c1-7-6-9-10-5-3-2-4-8(7)10;1-6-5-9-10-7(6)3-2-4-8-10/h6H,2-5H2,1H3;2-5H,1H3. The van der Waals surface area contributed by atoms with Crippen molar-refractivity contribution >= 4 is 5.52 Å². The maximum Gasteiger partial charge on any atom is 0.0902 e. The molecule has 0 saturated heterocycles. The van der Waals surface area contributed by atoms with E-state index in [9.17, 15) is 0 Å². The Hall–Kier alpha value is -2.17. The lowest BCUT2D eigenvalue weighted by atomic mass is 10.1. The molecule has 0 N–H and O–H groups in total. The van der Waals surface area contributed by atoms with E-state index in [0.29, 0.717) is 0 Å². The molecule has 0 amide bonds. The van der Waals surface area contributed by atoms with Crippen molar-refractivity contribution in [3.05, 3.63) is 47.5 Å². The van der Waals surface area contributed by atoms with Crippen LogP contribution in [-0.4, -0.2) is 24.6 Å². The van der Waals surface area contributed by atoms with Gasteiger partial charge in [0.1, 0.15) is 0 Å². The van der Waals surface area contributed by atoms with Crippen molar-refractivity contribution in [2.24, 2.45) is 0 Å². The van der Waals surface area contributed by atoms with Gasteiger partial charge in [0.2, 0.25) is 0 Å². The van der Waals surface area contributed by atoms with Gasteiger partial charge in [0.15, 0.2) is 0 Å². The summed E-state index contributed by atoms with van der Waals surface area (Å²) in [6, 6.07) is 3.90. The van der Waals surface area contributed by atoms with Crippen molar-refractivity contribution in [3.63, 3.8) is 0 Å². The van der Waals surface area contributed by atoms with Gasteiger partial charge in [-0.05, 0) is 56.4 Å². The molecule has 0 spiro atoms. The minimum atomic E-state index is 1.07. The summed E-state index contributed by atoms with van der Waals surface area (Å²) in [4.78, 5) is 0. The van der Waals surface area contributed by atoms with Crippen LogP contribution in [-0.2, 0) is 13.0 Å². The quantitative estimate of drug-likeness (QED) is 0.630. The summed E-state index contributed by atoms with van der Waals surface area (Å²) >= 11 is 0. The van der Waals surface area contributed by atoms with Crippen molar-refractivity contribution in [1.82, 2.24) is 24.6 Å². The Morgan fingerprint density at radius 2 is 1.85 bits per heavy atom. The van der Waals surface area contributed by atoms with Crippen LogP contribution < -0.4 is 0 Å². The number of nitrogens with zero attached hydrogens (tertiary/aromatic N) is 5. The molecule has 0 fully saturated rings. The normalized spacial score (nSPS) is 13.7. The molecule has 104 valence electrons. The van der Waals surface area contributed by atoms with Crippen molar-refractivity contribution in [2.45, 2.75) is 39.7 Å². The summed E-state index contributed by atoms with van der Waals surface area (Å²) < 4.78 is 3.76. The van der Waals surface area contributed by atoms with E-state index in [0.717, 1.165) is 17.6 Å². The van der Waals surface area contributed by atoms with Gasteiger partial charge in [0.25, 0.3) is 0 Å². The first-order chi connectivity index (χ1) is 9.75. The fourth-order valence-electron chi connectivity index (χ4n) is 2.53. The van der Waals surface area contributed by atoms with Crippen molar-refractivity contribution < 1.29 is 0 Å². The third-order valence-corrected chi connectivity index (χ3v) is 3.69. The molecular weight excluding hydrogens is 250 g/mol. The second-order valence-corrected chi connectivity index (χ2v) is 5.18. The molecule has 5 nitrogen and oxygen atoms in total. The number of hydrogen-bond donors (Lipinski definition) is 0. The average molecular weight is 269 g/mol. The van der Waals surface area contributed by atoms with Gasteiger partial charge in [-0.1, -0.05) is 0 Å². The van der Waals surface area contributed by atoms with E-state index >= 15 is 0 Å². The van der Waals surface area contributed by atoms with Crippen LogP contribution in [0.4, 0.5) is 0 Å². The molecule has 1 aliphatic heterocycles. The highest BCUT2D eigenvalue weighted by Gasteiger charge is 2.10. The lowest BCUT2D eigenvalue weighted by Crippen LogP contribution is -2.11. The lowest BCUT2D eigenvalue weighted by Gasteiger charge is -2.13. The van der Waals surface area contributed by atoms with Gasteiger partial charge < -0.3 is 0 Å². The molecule has 20 heavy (non-hydrogen) atoms. The highest BCUT2D eigenvalue weighted by atomic mass is 15.4. The maximum absolute atomic E-state index is 4.27. The molecule has 0 aromatic carbocycles. The molecule has 0 aliphatic carbocycles. The Bertz CT molecular complexity index is 710. The largest absolute Gasteiger partial charge is 0.269 e. The topological polar surface area (TPSA) is 48.0 Å². The number of aryl methyl sites for hydroxylation is 3. The van der Waals surface area contributed by atoms with Crippen LogP contribution >= 0.6 is 0 Å². The van der Waals surface area contributed by atoms with Crippen LogP contribution in [0.25, 0.3) is 5.52 Å². The average Bonchev–Trinajstić information content (AvgIpc) is 3.05. The zero-order chi connectivity index (χ0) is 13.9. The molecule has 1 aliphatic rings. The van der Waals surface area contributed by atoms with Gasteiger partial charge in [-0.15, -0.1) is 0 Å². The first-order valence-electron chi connectivity index (χ1n) is 7.02. The molecule has 5 heteroatoms. The fraction of sp³-hybridized carbons (Fsp3) is 0.400. The molecule has 0 bridgehead atoms. The minimum Gasteiger partial charge on any atom is -0.269 e.